The number of nitrogens with two attached hydrogens (primary N) is 1. The number of imidazole rings is 1. The summed E-state index contributed by atoms with van der Waals surface area (Å²) >= 11 is 0. The minimum absolute atomic E-state index is 0. The molecule has 0 amide bonds. The number of nitrogens with zero attached hydrogens (tertiary/aromatic N) is 2. The molecule has 0 radical (unpaired) electrons. The van der Waals surface area contributed by atoms with Crippen molar-refractivity contribution in [2.45, 2.75) is 6.04 Å². The molecule has 1 aromatic heterocycles. The van der Waals surface area contributed by atoms with Crippen molar-refractivity contribution >= 4 is 35.8 Å². The van der Waals surface area contributed by atoms with Crippen LogP contribution in [0, 0.1) is 11.6 Å². The minimum Gasteiger partial charge on any atom is -0.383 e. The van der Waals surface area contributed by atoms with Gasteiger partial charge in [0.1, 0.15) is 11.3 Å². The van der Waals surface area contributed by atoms with Crippen molar-refractivity contribution in [3.05, 3.63) is 59.9 Å². The number of rotatable bonds is 4. The van der Waals surface area contributed by atoms with Crippen LogP contribution in [0.1, 0.15) is 11.9 Å². The summed E-state index contributed by atoms with van der Waals surface area (Å²) in [5.41, 5.74) is 7.16. The van der Waals surface area contributed by atoms with Gasteiger partial charge in [-0.25, -0.2) is 13.8 Å². The van der Waals surface area contributed by atoms with Gasteiger partial charge in [-0.05, 0) is 24.3 Å². The highest BCUT2D eigenvalue weighted by Gasteiger charge is 2.22. The molecule has 24 heavy (non-hydrogen) atoms. The first-order valence-electron chi connectivity index (χ1n) is 6.79. The minimum atomic E-state index is -0.940. The Morgan fingerprint density at radius 1 is 1.12 bits per heavy atom. The van der Waals surface area contributed by atoms with Crippen molar-refractivity contribution in [3.8, 4) is 5.69 Å². The summed E-state index contributed by atoms with van der Waals surface area (Å²) in [6.07, 6.45) is 0. The Morgan fingerprint density at radius 2 is 1.79 bits per heavy atom. The average Bonchev–Trinajstić information content (AvgIpc) is 2.92. The smallest absolute Gasteiger partial charge is 0.185 e. The second-order valence-corrected chi connectivity index (χ2v) is 4.93. The molecule has 1 atom stereocenters. The Balaban J connectivity index is 0.00000144. The number of benzene rings is 2. The second-order valence-electron chi connectivity index (χ2n) is 4.93. The van der Waals surface area contributed by atoms with Crippen molar-refractivity contribution in [2.24, 2.45) is 5.73 Å². The lowest BCUT2D eigenvalue weighted by Gasteiger charge is -2.14. The van der Waals surface area contributed by atoms with Crippen LogP contribution in [0.25, 0.3) is 16.7 Å². The van der Waals surface area contributed by atoms with Crippen LogP contribution in [0.3, 0.4) is 0 Å². The quantitative estimate of drug-likeness (QED) is 0.754. The highest BCUT2D eigenvalue weighted by molar-refractivity contribution is 5.85. The molecular formula is C16H17Cl2F2N3O. The first-order valence-corrected chi connectivity index (χ1v) is 6.79. The number of ether oxygens (including phenoxy) is 1. The largest absolute Gasteiger partial charge is 0.383 e. The molecule has 0 aliphatic carbocycles. The number of halogens is 4. The molecule has 0 fully saturated rings. The normalized spacial score (nSPS) is 11.7. The van der Waals surface area contributed by atoms with E-state index >= 15 is 0 Å². The summed E-state index contributed by atoms with van der Waals surface area (Å²) in [7, 11) is 1.52. The zero-order chi connectivity index (χ0) is 15.7. The molecule has 0 bridgehead atoms. The van der Waals surface area contributed by atoms with Crippen molar-refractivity contribution < 1.29 is 13.5 Å². The van der Waals surface area contributed by atoms with E-state index in [1.807, 2.05) is 18.2 Å². The van der Waals surface area contributed by atoms with Gasteiger partial charge in [-0.3, -0.25) is 4.57 Å². The molecule has 130 valence electrons. The van der Waals surface area contributed by atoms with E-state index in [4.69, 9.17) is 10.5 Å². The number of methoxy groups -OCH3 is 1. The van der Waals surface area contributed by atoms with Crippen LogP contribution in [0.5, 0.6) is 0 Å². The van der Waals surface area contributed by atoms with E-state index < -0.39 is 17.7 Å². The Kier molecular flexibility index (Phi) is 7.10. The van der Waals surface area contributed by atoms with Gasteiger partial charge in [0.15, 0.2) is 11.6 Å². The number of hydrogen-bond donors (Lipinski definition) is 1. The third-order valence-electron chi connectivity index (χ3n) is 3.43. The Morgan fingerprint density at radius 3 is 2.42 bits per heavy atom. The number of hydrogen-bond acceptors (Lipinski definition) is 3. The van der Waals surface area contributed by atoms with E-state index in [-0.39, 0.29) is 36.9 Å². The van der Waals surface area contributed by atoms with E-state index in [0.29, 0.717) is 17.0 Å². The van der Waals surface area contributed by atoms with Gasteiger partial charge in [0.05, 0.1) is 18.2 Å². The molecule has 0 aliphatic heterocycles. The van der Waals surface area contributed by atoms with E-state index in [1.165, 1.54) is 17.7 Å². The van der Waals surface area contributed by atoms with E-state index in [9.17, 15) is 8.78 Å². The van der Waals surface area contributed by atoms with E-state index in [2.05, 4.69) is 4.98 Å². The SMILES string of the molecule is COCC(N)c1nc2ccc(F)c(F)c2n1-c1ccccc1.Cl.Cl. The summed E-state index contributed by atoms with van der Waals surface area (Å²) in [4.78, 5) is 4.36. The monoisotopic (exact) mass is 375 g/mol. The van der Waals surface area contributed by atoms with Crippen LogP contribution in [-0.4, -0.2) is 23.3 Å². The van der Waals surface area contributed by atoms with Crippen LogP contribution < -0.4 is 5.73 Å². The van der Waals surface area contributed by atoms with Crippen molar-refractivity contribution in [1.29, 1.82) is 0 Å². The fraction of sp³-hybridized carbons (Fsp3) is 0.188. The highest BCUT2D eigenvalue weighted by Crippen LogP contribution is 2.27. The lowest BCUT2D eigenvalue weighted by atomic mass is 10.2. The first kappa shape index (κ1) is 20.3. The van der Waals surface area contributed by atoms with Gasteiger partial charge < -0.3 is 10.5 Å². The molecule has 2 aromatic carbocycles. The third kappa shape index (κ3) is 3.52. The lowest BCUT2D eigenvalue weighted by molar-refractivity contribution is 0.178. The van der Waals surface area contributed by atoms with Crippen molar-refractivity contribution in [3.63, 3.8) is 0 Å². The van der Waals surface area contributed by atoms with Crippen LogP contribution >= 0.6 is 24.8 Å². The summed E-state index contributed by atoms with van der Waals surface area (Å²) in [6.45, 7) is 0.222. The molecule has 2 N–H and O–H groups in total. The zero-order valence-corrected chi connectivity index (χ0v) is 14.4. The fourth-order valence-corrected chi connectivity index (χ4v) is 2.46. The van der Waals surface area contributed by atoms with Gasteiger partial charge in [0.2, 0.25) is 0 Å². The molecule has 0 saturated heterocycles. The molecule has 1 unspecified atom stereocenters. The predicted octanol–water partition coefficient (Wildman–Crippen LogP) is 3.79. The average molecular weight is 376 g/mol. The molecule has 0 aliphatic rings. The van der Waals surface area contributed by atoms with Gasteiger partial charge in [-0.2, -0.15) is 0 Å². The fourth-order valence-electron chi connectivity index (χ4n) is 2.46. The summed E-state index contributed by atoms with van der Waals surface area (Å²) in [6, 6.07) is 11.0. The standard InChI is InChI=1S/C16H15F2N3O.2ClH/c1-22-9-12(19)16-20-13-8-7-11(17)14(18)15(13)21(16)10-5-3-2-4-6-10;;/h2-8,12H,9,19H2,1H3;2*1H. The second kappa shape index (κ2) is 8.39. The van der Waals surface area contributed by atoms with Gasteiger partial charge in [0, 0.05) is 12.8 Å². The summed E-state index contributed by atoms with van der Waals surface area (Å²) < 4.78 is 34.5. The zero-order valence-electron chi connectivity index (χ0n) is 12.8. The molecule has 0 spiro atoms. The van der Waals surface area contributed by atoms with E-state index in [0.717, 1.165) is 6.07 Å². The predicted molar refractivity (Wildman–Crippen MR) is 94.3 cm³/mol. The van der Waals surface area contributed by atoms with Crippen LogP contribution in [0.2, 0.25) is 0 Å². The van der Waals surface area contributed by atoms with Crippen molar-refractivity contribution in [2.75, 3.05) is 13.7 Å². The lowest BCUT2D eigenvalue weighted by Crippen LogP contribution is -2.20. The maximum atomic E-state index is 14.3. The van der Waals surface area contributed by atoms with Gasteiger partial charge in [-0.1, -0.05) is 18.2 Å². The topological polar surface area (TPSA) is 53.1 Å². The molecule has 4 nitrogen and oxygen atoms in total. The molecule has 3 rings (SSSR count). The Labute approximate surface area is 150 Å². The molecule has 0 saturated carbocycles. The molecule has 1 heterocycles. The molecular weight excluding hydrogens is 359 g/mol. The molecule has 8 heteroatoms. The maximum absolute atomic E-state index is 14.3. The van der Waals surface area contributed by atoms with E-state index in [1.54, 1.807) is 12.1 Å². The Bertz CT molecular complexity index is 812. The first-order chi connectivity index (χ1) is 10.6. The maximum Gasteiger partial charge on any atom is 0.185 e. The van der Waals surface area contributed by atoms with Crippen LogP contribution in [0.15, 0.2) is 42.5 Å². The molecule has 3 aromatic rings. The Hall–Kier alpha value is -1.73. The summed E-state index contributed by atoms with van der Waals surface area (Å²) in [5, 5.41) is 0. The van der Waals surface area contributed by atoms with Crippen molar-refractivity contribution in [1.82, 2.24) is 9.55 Å². The van der Waals surface area contributed by atoms with Gasteiger partial charge in [-0.15, -0.1) is 24.8 Å². The van der Waals surface area contributed by atoms with Gasteiger partial charge in [0.25, 0.3) is 0 Å². The van der Waals surface area contributed by atoms with Gasteiger partial charge >= 0.3 is 0 Å². The number of para-hydroxylation sites is 1. The highest BCUT2D eigenvalue weighted by atomic mass is 35.5. The number of aromatic nitrogens is 2. The number of fused-ring (bicyclic) bond motifs is 1. The van der Waals surface area contributed by atoms with Crippen LogP contribution in [0.4, 0.5) is 8.78 Å². The third-order valence-corrected chi connectivity index (χ3v) is 3.43. The van der Waals surface area contributed by atoms with Crippen LogP contribution in [-0.2, 0) is 4.74 Å². The summed E-state index contributed by atoms with van der Waals surface area (Å²) in [5.74, 6) is -1.44.